The maximum atomic E-state index is 11.9. The molecule has 0 atom stereocenters. The third kappa shape index (κ3) is 1.69. The zero-order valence-electron chi connectivity index (χ0n) is 8.77. The average Bonchev–Trinajstić information content (AvgIpc) is 2.96. The first-order valence-electron chi connectivity index (χ1n) is 5.27. The molecule has 0 radical (unpaired) electrons. The average molecular weight is 209 g/mol. The van der Waals surface area contributed by atoms with E-state index < -0.39 is 0 Å². The van der Waals surface area contributed by atoms with Gasteiger partial charge in [-0.15, -0.1) is 0 Å². The summed E-state index contributed by atoms with van der Waals surface area (Å²) in [5.74, 6) is 0.267. The van der Waals surface area contributed by atoms with E-state index in [2.05, 4.69) is 0 Å². The molecule has 82 valence electrons. The predicted octanol–water partition coefficient (Wildman–Crippen LogP) is 0.337. The Morgan fingerprint density at radius 3 is 2.67 bits per heavy atom. The van der Waals surface area contributed by atoms with Crippen molar-refractivity contribution in [1.82, 2.24) is 9.13 Å². The van der Waals surface area contributed by atoms with Crippen LogP contribution < -0.4 is 17.0 Å². The topological polar surface area (TPSA) is 70.0 Å². The van der Waals surface area contributed by atoms with Crippen LogP contribution in [0.1, 0.15) is 32.2 Å². The molecule has 1 aliphatic rings. The lowest BCUT2D eigenvalue weighted by Gasteiger charge is -2.10. The zero-order chi connectivity index (χ0) is 11.0. The molecule has 0 amide bonds. The van der Waals surface area contributed by atoms with Crippen molar-refractivity contribution in [2.45, 2.75) is 38.8 Å². The fourth-order valence-electron chi connectivity index (χ4n) is 1.73. The monoisotopic (exact) mass is 209 g/mol. The van der Waals surface area contributed by atoms with Gasteiger partial charge >= 0.3 is 5.69 Å². The van der Waals surface area contributed by atoms with Gasteiger partial charge in [0.05, 0.1) is 0 Å². The molecule has 0 bridgehead atoms. The van der Waals surface area contributed by atoms with Crippen LogP contribution in [0.5, 0.6) is 0 Å². The van der Waals surface area contributed by atoms with E-state index in [-0.39, 0.29) is 23.1 Å². The summed E-state index contributed by atoms with van der Waals surface area (Å²) in [4.78, 5) is 23.5. The summed E-state index contributed by atoms with van der Waals surface area (Å²) in [6.45, 7) is 2.54. The van der Waals surface area contributed by atoms with Gasteiger partial charge in [-0.2, -0.15) is 0 Å². The molecule has 0 aromatic carbocycles. The summed E-state index contributed by atoms with van der Waals surface area (Å²) < 4.78 is 2.80. The van der Waals surface area contributed by atoms with Gasteiger partial charge in [0.15, 0.2) is 0 Å². The van der Waals surface area contributed by atoms with E-state index in [1.807, 2.05) is 6.92 Å². The Morgan fingerprint density at radius 2 is 2.13 bits per heavy atom. The number of hydrogen-bond acceptors (Lipinski definition) is 3. The summed E-state index contributed by atoms with van der Waals surface area (Å²) in [6, 6.07) is 1.45. The molecular formula is C10H15N3O2. The van der Waals surface area contributed by atoms with Crippen LogP contribution in [0, 0.1) is 0 Å². The first kappa shape index (κ1) is 10.0. The van der Waals surface area contributed by atoms with Crippen LogP contribution in [-0.2, 0) is 6.54 Å². The summed E-state index contributed by atoms with van der Waals surface area (Å²) in [5.41, 5.74) is 5.12. The Bertz CT molecular complexity index is 482. The molecule has 5 nitrogen and oxygen atoms in total. The number of hydrogen-bond donors (Lipinski definition) is 1. The predicted molar refractivity (Wildman–Crippen MR) is 57.9 cm³/mol. The number of nitrogens with two attached hydrogens (primary N) is 1. The van der Waals surface area contributed by atoms with Crippen LogP contribution in [0.4, 0.5) is 5.82 Å². The Morgan fingerprint density at radius 1 is 1.47 bits per heavy atom. The lowest BCUT2D eigenvalue weighted by Crippen LogP contribution is -2.40. The van der Waals surface area contributed by atoms with E-state index >= 15 is 0 Å². The van der Waals surface area contributed by atoms with E-state index in [1.165, 1.54) is 15.2 Å². The van der Waals surface area contributed by atoms with Gasteiger partial charge in [0, 0.05) is 18.7 Å². The first-order chi connectivity index (χ1) is 7.15. The highest BCUT2D eigenvalue weighted by Gasteiger charge is 2.27. The summed E-state index contributed by atoms with van der Waals surface area (Å²) >= 11 is 0. The SMILES string of the molecule is CCCn1c(N)cc(=O)n(C2CC2)c1=O. The molecule has 1 aromatic heterocycles. The molecule has 1 heterocycles. The molecule has 5 heteroatoms. The zero-order valence-corrected chi connectivity index (χ0v) is 8.77. The largest absolute Gasteiger partial charge is 0.385 e. The smallest absolute Gasteiger partial charge is 0.332 e. The summed E-state index contributed by atoms with van der Waals surface area (Å²) in [5, 5.41) is 0. The molecule has 1 aromatic rings. The lowest BCUT2D eigenvalue weighted by atomic mass is 10.4. The highest BCUT2D eigenvalue weighted by molar-refractivity contribution is 5.26. The first-order valence-corrected chi connectivity index (χ1v) is 5.27. The van der Waals surface area contributed by atoms with Gasteiger partial charge in [-0.05, 0) is 19.3 Å². The summed E-state index contributed by atoms with van der Waals surface area (Å²) in [7, 11) is 0. The second-order valence-electron chi connectivity index (χ2n) is 3.94. The van der Waals surface area contributed by atoms with E-state index in [0.29, 0.717) is 6.54 Å². The molecule has 0 aliphatic heterocycles. The fraction of sp³-hybridized carbons (Fsp3) is 0.600. The maximum absolute atomic E-state index is 11.9. The number of anilines is 1. The second kappa shape index (κ2) is 3.56. The van der Waals surface area contributed by atoms with Crippen LogP contribution in [0.15, 0.2) is 15.7 Å². The minimum absolute atomic E-state index is 0.105. The van der Waals surface area contributed by atoms with Crippen LogP contribution in [-0.4, -0.2) is 9.13 Å². The minimum atomic E-state index is -0.271. The van der Waals surface area contributed by atoms with E-state index in [1.54, 1.807) is 0 Å². The molecule has 0 saturated heterocycles. The van der Waals surface area contributed by atoms with Gasteiger partial charge in [-0.1, -0.05) is 6.92 Å². The molecule has 1 saturated carbocycles. The maximum Gasteiger partial charge on any atom is 0.332 e. The third-order valence-corrected chi connectivity index (χ3v) is 2.62. The van der Waals surface area contributed by atoms with Gasteiger partial charge in [0.2, 0.25) is 0 Å². The molecule has 2 rings (SSSR count). The Labute approximate surface area is 87.1 Å². The number of nitrogens with zero attached hydrogens (tertiary/aromatic N) is 2. The molecule has 0 spiro atoms. The van der Waals surface area contributed by atoms with Crippen molar-refractivity contribution in [3.8, 4) is 0 Å². The quantitative estimate of drug-likeness (QED) is 0.780. The molecule has 2 N–H and O–H groups in total. The summed E-state index contributed by atoms with van der Waals surface area (Å²) in [6.07, 6.45) is 2.67. The minimum Gasteiger partial charge on any atom is -0.385 e. The van der Waals surface area contributed by atoms with Crippen LogP contribution >= 0.6 is 0 Å². The van der Waals surface area contributed by atoms with Gasteiger partial charge in [-0.3, -0.25) is 13.9 Å². The second-order valence-corrected chi connectivity index (χ2v) is 3.94. The van der Waals surface area contributed by atoms with E-state index in [9.17, 15) is 9.59 Å². The van der Waals surface area contributed by atoms with Gasteiger partial charge in [-0.25, -0.2) is 4.79 Å². The molecule has 15 heavy (non-hydrogen) atoms. The molecule has 1 aliphatic carbocycles. The van der Waals surface area contributed by atoms with Crippen LogP contribution in [0.2, 0.25) is 0 Å². The standard InChI is InChI=1S/C10H15N3O2/c1-2-5-12-8(11)6-9(14)13(10(12)15)7-3-4-7/h6-7H,2-5,11H2,1H3. The van der Waals surface area contributed by atoms with Crippen molar-refractivity contribution in [2.24, 2.45) is 0 Å². The number of aromatic nitrogens is 2. The molecular weight excluding hydrogens is 194 g/mol. The van der Waals surface area contributed by atoms with Crippen molar-refractivity contribution in [1.29, 1.82) is 0 Å². The van der Waals surface area contributed by atoms with Crippen LogP contribution in [0.3, 0.4) is 0 Å². The highest BCUT2D eigenvalue weighted by Crippen LogP contribution is 2.32. The highest BCUT2D eigenvalue weighted by atomic mass is 16.2. The Balaban J connectivity index is 2.60. The van der Waals surface area contributed by atoms with Gasteiger partial charge < -0.3 is 5.73 Å². The van der Waals surface area contributed by atoms with Crippen molar-refractivity contribution in [3.05, 3.63) is 26.9 Å². The Kier molecular flexibility index (Phi) is 2.38. The Hall–Kier alpha value is -1.52. The normalized spacial score (nSPS) is 15.5. The lowest BCUT2D eigenvalue weighted by molar-refractivity contribution is 0.561. The van der Waals surface area contributed by atoms with E-state index in [0.717, 1.165) is 19.3 Å². The molecule has 0 unspecified atom stereocenters. The van der Waals surface area contributed by atoms with Crippen molar-refractivity contribution in [2.75, 3.05) is 5.73 Å². The number of nitrogen functional groups attached to an aromatic ring is 1. The van der Waals surface area contributed by atoms with Crippen molar-refractivity contribution >= 4 is 5.82 Å². The third-order valence-electron chi connectivity index (χ3n) is 2.62. The van der Waals surface area contributed by atoms with Crippen molar-refractivity contribution < 1.29 is 0 Å². The van der Waals surface area contributed by atoms with Crippen molar-refractivity contribution in [3.63, 3.8) is 0 Å². The number of rotatable bonds is 3. The van der Waals surface area contributed by atoms with Crippen LogP contribution in [0.25, 0.3) is 0 Å². The van der Waals surface area contributed by atoms with E-state index in [4.69, 9.17) is 5.73 Å². The molecule has 1 fully saturated rings. The van der Waals surface area contributed by atoms with Gasteiger partial charge in [0.25, 0.3) is 5.56 Å². The van der Waals surface area contributed by atoms with Gasteiger partial charge in [0.1, 0.15) is 5.82 Å². The fourth-order valence-corrected chi connectivity index (χ4v) is 1.73.